The van der Waals surface area contributed by atoms with Crippen LogP contribution in [0.2, 0.25) is 0 Å². The number of pyridine rings is 1. The van der Waals surface area contributed by atoms with E-state index in [4.69, 9.17) is 14.7 Å². The number of para-hydroxylation sites is 3. The molecule has 0 N–H and O–H groups in total. The van der Waals surface area contributed by atoms with Crippen LogP contribution in [-0.4, -0.2) is 21.6 Å². The summed E-state index contributed by atoms with van der Waals surface area (Å²) in [5.74, 6) is 1.75. The lowest BCUT2D eigenvalue weighted by atomic mass is 10.1. The van der Waals surface area contributed by atoms with Crippen molar-refractivity contribution in [3.8, 4) is 17.3 Å². The van der Waals surface area contributed by atoms with Crippen molar-refractivity contribution in [2.24, 2.45) is 0 Å². The lowest BCUT2D eigenvalue weighted by Crippen LogP contribution is -1.93. The quantitative estimate of drug-likeness (QED) is 0.473. The molecule has 2 aromatic heterocycles. The lowest BCUT2D eigenvalue weighted by Gasteiger charge is -2.06. The van der Waals surface area contributed by atoms with E-state index in [9.17, 15) is 0 Å². The Morgan fingerprint density at radius 1 is 1.05 bits per heavy atom. The van der Waals surface area contributed by atoms with Crippen LogP contribution in [0.4, 0.5) is 0 Å². The first-order valence-electron chi connectivity index (χ1n) is 7.27. The fourth-order valence-electron chi connectivity index (χ4n) is 3.28. The summed E-state index contributed by atoms with van der Waals surface area (Å²) in [6.45, 7) is 0.825. The molecule has 3 heterocycles. The largest absolute Gasteiger partial charge is 0.494 e. The maximum Gasteiger partial charge on any atom is 0.160 e. The van der Waals surface area contributed by atoms with Gasteiger partial charge in [0.05, 0.1) is 24.7 Å². The Morgan fingerprint density at radius 3 is 2.86 bits per heavy atom. The third-order valence-corrected chi connectivity index (χ3v) is 4.30. The average Bonchev–Trinajstić information content (AvgIpc) is 3.08. The van der Waals surface area contributed by atoms with Crippen LogP contribution in [0.25, 0.3) is 33.5 Å². The fourth-order valence-corrected chi connectivity index (χ4v) is 3.28. The van der Waals surface area contributed by atoms with Crippen LogP contribution in [0.3, 0.4) is 0 Å². The Hall–Kier alpha value is -2.88. The van der Waals surface area contributed by atoms with Gasteiger partial charge in [-0.3, -0.25) is 0 Å². The second kappa shape index (κ2) is 4.07. The number of hydrogen-bond acceptors (Lipinski definition) is 3. The molecule has 22 heavy (non-hydrogen) atoms. The predicted octanol–water partition coefficient (Wildman–Crippen LogP) is 3.62. The summed E-state index contributed by atoms with van der Waals surface area (Å²) in [6, 6.07) is 16.4. The number of benzene rings is 2. The lowest BCUT2D eigenvalue weighted by molar-refractivity contribution is 0.419. The van der Waals surface area contributed by atoms with Crippen molar-refractivity contribution < 1.29 is 4.74 Å². The number of hydrogen-bond donors (Lipinski definition) is 0. The zero-order chi connectivity index (χ0) is 14.7. The molecule has 1 aliphatic rings. The Morgan fingerprint density at radius 2 is 1.95 bits per heavy atom. The van der Waals surface area contributed by atoms with Gasteiger partial charge in [-0.15, -0.1) is 0 Å². The molecule has 0 saturated heterocycles. The minimum absolute atomic E-state index is 0.801. The van der Waals surface area contributed by atoms with Crippen molar-refractivity contribution in [3.63, 3.8) is 0 Å². The molecule has 0 aliphatic carbocycles. The van der Waals surface area contributed by atoms with E-state index in [1.165, 1.54) is 5.56 Å². The molecule has 2 aromatic carbocycles. The van der Waals surface area contributed by atoms with Gasteiger partial charge in [0.15, 0.2) is 5.82 Å². The summed E-state index contributed by atoms with van der Waals surface area (Å²) in [5, 5.41) is 1.10. The zero-order valence-electron chi connectivity index (χ0n) is 12.1. The number of aromatic nitrogens is 3. The van der Waals surface area contributed by atoms with Gasteiger partial charge in [-0.05, 0) is 24.3 Å². The first-order chi connectivity index (χ1) is 10.8. The van der Waals surface area contributed by atoms with E-state index in [0.717, 1.165) is 45.7 Å². The van der Waals surface area contributed by atoms with Gasteiger partial charge in [0.25, 0.3) is 0 Å². The maximum absolute atomic E-state index is 5.44. The monoisotopic (exact) mass is 287 g/mol. The molecule has 4 heteroatoms. The van der Waals surface area contributed by atoms with Crippen LogP contribution in [0, 0.1) is 0 Å². The molecule has 5 rings (SSSR count). The number of rotatable bonds is 1. The van der Waals surface area contributed by atoms with Crippen molar-refractivity contribution in [2.75, 3.05) is 7.11 Å². The molecule has 0 spiro atoms. The number of fused-ring (bicyclic) bond motifs is 6. The zero-order valence-corrected chi connectivity index (χ0v) is 12.1. The minimum atomic E-state index is 0.801. The Bertz CT molecular complexity index is 1050. The summed E-state index contributed by atoms with van der Waals surface area (Å²) < 4.78 is 7.68. The Labute approximate surface area is 127 Å². The van der Waals surface area contributed by atoms with E-state index in [-0.39, 0.29) is 0 Å². The van der Waals surface area contributed by atoms with Gasteiger partial charge in [0.2, 0.25) is 0 Å². The van der Waals surface area contributed by atoms with E-state index in [1.807, 2.05) is 30.3 Å². The molecular weight excluding hydrogens is 274 g/mol. The molecular formula is C18H13N3O. The summed E-state index contributed by atoms with van der Waals surface area (Å²) in [6.07, 6.45) is 0. The summed E-state index contributed by atoms with van der Waals surface area (Å²) in [7, 11) is 1.68. The standard InChI is InChI=1S/C18H13N3O/c1-22-15-8-4-5-11-9-12-10-21-14-7-3-2-6-13(14)19-18(21)17(12)20-16(11)15/h2-9H,10H2,1H3. The van der Waals surface area contributed by atoms with Gasteiger partial charge >= 0.3 is 0 Å². The third-order valence-electron chi connectivity index (χ3n) is 4.30. The molecule has 4 aromatic rings. The van der Waals surface area contributed by atoms with Crippen LogP contribution in [0.5, 0.6) is 5.75 Å². The highest BCUT2D eigenvalue weighted by Gasteiger charge is 2.24. The van der Waals surface area contributed by atoms with Crippen molar-refractivity contribution in [3.05, 3.63) is 54.1 Å². The maximum atomic E-state index is 5.44. The van der Waals surface area contributed by atoms with E-state index >= 15 is 0 Å². The summed E-state index contributed by atoms with van der Waals surface area (Å²) in [4.78, 5) is 9.61. The normalized spacial score (nSPS) is 12.6. The van der Waals surface area contributed by atoms with Gasteiger partial charge in [0.1, 0.15) is 17.0 Å². The van der Waals surface area contributed by atoms with Gasteiger partial charge in [-0.2, -0.15) is 0 Å². The highest BCUT2D eigenvalue weighted by Crippen LogP contribution is 2.36. The van der Waals surface area contributed by atoms with Gasteiger partial charge in [0, 0.05) is 10.9 Å². The first-order valence-corrected chi connectivity index (χ1v) is 7.27. The van der Waals surface area contributed by atoms with Crippen molar-refractivity contribution in [1.29, 1.82) is 0 Å². The molecule has 1 aliphatic heterocycles. The molecule has 0 bridgehead atoms. The molecule has 4 nitrogen and oxygen atoms in total. The second-order valence-corrected chi connectivity index (χ2v) is 5.54. The van der Waals surface area contributed by atoms with Crippen LogP contribution in [0.1, 0.15) is 5.56 Å². The molecule has 106 valence electrons. The average molecular weight is 287 g/mol. The topological polar surface area (TPSA) is 39.9 Å². The second-order valence-electron chi connectivity index (χ2n) is 5.54. The van der Waals surface area contributed by atoms with Crippen LogP contribution >= 0.6 is 0 Å². The van der Waals surface area contributed by atoms with Gasteiger partial charge < -0.3 is 9.30 Å². The highest BCUT2D eigenvalue weighted by molar-refractivity contribution is 5.90. The van der Waals surface area contributed by atoms with Crippen molar-refractivity contribution in [2.45, 2.75) is 6.54 Å². The van der Waals surface area contributed by atoms with Crippen molar-refractivity contribution >= 4 is 21.9 Å². The van der Waals surface area contributed by atoms with Gasteiger partial charge in [-0.25, -0.2) is 9.97 Å². The van der Waals surface area contributed by atoms with Crippen LogP contribution < -0.4 is 4.74 Å². The molecule has 0 atom stereocenters. The molecule has 0 radical (unpaired) electrons. The highest BCUT2D eigenvalue weighted by atomic mass is 16.5. The smallest absolute Gasteiger partial charge is 0.160 e. The Kier molecular flexibility index (Phi) is 2.17. The molecule has 0 amide bonds. The Balaban J connectivity index is 1.84. The van der Waals surface area contributed by atoms with E-state index in [2.05, 4.69) is 22.8 Å². The third kappa shape index (κ3) is 1.41. The number of ether oxygens (including phenoxy) is 1. The minimum Gasteiger partial charge on any atom is -0.494 e. The summed E-state index contributed by atoms with van der Waals surface area (Å²) >= 11 is 0. The van der Waals surface area contributed by atoms with Crippen LogP contribution in [0.15, 0.2) is 48.5 Å². The first kappa shape index (κ1) is 11.7. The number of imidazole rings is 1. The van der Waals surface area contributed by atoms with E-state index in [0.29, 0.717) is 0 Å². The SMILES string of the molecule is COc1cccc2cc3c(nc12)-c1nc2ccccc2n1C3. The summed E-state index contributed by atoms with van der Waals surface area (Å²) in [5.41, 5.74) is 5.25. The molecule has 0 fully saturated rings. The fraction of sp³-hybridized carbons (Fsp3) is 0.111. The molecule has 0 unspecified atom stereocenters. The number of methoxy groups -OCH3 is 1. The van der Waals surface area contributed by atoms with E-state index < -0.39 is 0 Å². The van der Waals surface area contributed by atoms with Crippen LogP contribution in [-0.2, 0) is 6.54 Å². The van der Waals surface area contributed by atoms with Gasteiger partial charge in [-0.1, -0.05) is 24.3 Å². The molecule has 0 saturated carbocycles. The van der Waals surface area contributed by atoms with E-state index in [1.54, 1.807) is 7.11 Å². The predicted molar refractivity (Wildman–Crippen MR) is 86.1 cm³/mol. The number of nitrogens with zero attached hydrogens (tertiary/aromatic N) is 3. The van der Waals surface area contributed by atoms with Crippen molar-refractivity contribution in [1.82, 2.24) is 14.5 Å².